The molecule has 0 radical (unpaired) electrons. The van der Waals surface area contributed by atoms with E-state index in [0.29, 0.717) is 23.7 Å². The number of rotatable bonds is 4. The van der Waals surface area contributed by atoms with Crippen LogP contribution in [0.15, 0.2) is 39.2 Å². The Morgan fingerprint density at radius 2 is 1.92 bits per heavy atom. The van der Waals surface area contributed by atoms with Crippen molar-refractivity contribution >= 4 is 23.3 Å². The maximum Gasteiger partial charge on any atom is 0.332 e. The van der Waals surface area contributed by atoms with Gasteiger partial charge in [-0.1, -0.05) is 0 Å². The summed E-state index contributed by atoms with van der Waals surface area (Å²) in [7, 11) is 3.03. The summed E-state index contributed by atoms with van der Waals surface area (Å²) in [6.07, 6.45) is 4.96. The third kappa shape index (κ3) is 2.49. The minimum absolute atomic E-state index is 0.326. The van der Waals surface area contributed by atoms with Gasteiger partial charge in [0.05, 0.1) is 6.21 Å². The summed E-state index contributed by atoms with van der Waals surface area (Å²) in [6.45, 7) is 2.40. The highest BCUT2D eigenvalue weighted by molar-refractivity contribution is 5.80. The highest BCUT2D eigenvalue weighted by atomic mass is 16.2. The lowest BCUT2D eigenvalue weighted by Crippen LogP contribution is -2.37. The van der Waals surface area contributed by atoms with Gasteiger partial charge < -0.3 is 4.57 Å². The summed E-state index contributed by atoms with van der Waals surface area (Å²) in [5.41, 5.74) is 3.60. The van der Waals surface area contributed by atoms with Crippen molar-refractivity contribution in [2.75, 3.05) is 5.43 Å². The first-order valence-electron chi connectivity index (χ1n) is 7.40. The van der Waals surface area contributed by atoms with Crippen LogP contribution in [0.5, 0.6) is 0 Å². The summed E-state index contributed by atoms with van der Waals surface area (Å²) in [4.78, 5) is 32.7. The van der Waals surface area contributed by atoms with E-state index in [-0.39, 0.29) is 5.56 Å². The van der Waals surface area contributed by atoms with E-state index >= 15 is 0 Å². The molecule has 0 bridgehead atoms. The molecule has 1 N–H and O–H groups in total. The van der Waals surface area contributed by atoms with Gasteiger partial charge in [-0.15, -0.1) is 0 Å². The fourth-order valence-corrected chi connectivity index (χ4v) is 2.45. The van der Waals surface area contributed by atoms with Gasteiger partial charge in [-0.05, 0) is 24.6 Å². The number of hydrogen-bond donors (Lipinski definition) is 1. The molecule has 0 aliphatic carbocycles. The van der Waals surface area contributed by atoms with Crippen molar-refractivity contribution in [2.45, 2.75) is 13.5 Å². The SMILES string of the molecule is CCn1c(N/N=C/c2ccncc2)nc2c1c(=O)n(C)c(=O)n2C. The zero-order valence-electron chi connectivity index (χ0n) is 13.6. The van der Waals surface area contributed by atoms with E-state index in [1.165, 1.54) is 11.6 Å². The first kappa shape index (κ1) is 15.7. The molecule has 3 rings (SSSR count). The van der Waals surface area contributed by atoms with Crippen molar-refractivity contribution in [3.63, 3.8) is 0 Å². The van der Waals surface area contributed by atoms with Gasteiger partial charge in [-0.2, -0.15) is 10.1 Å². The Morgan fingerprint density at radius 1 is 1.21 bits per heavy atom. The average Bonchev–Trinajstić information content (AvgIpc) is 2.97. The van der Waals surface area contributed by atoms with Gasteiger partial charge in [-0.3, -0.25) is 18.9 Å². The Morgan fingerprint density at radius 3 is 2.58 bits per heavy atom. The predicted octanol–water partition coefficient (Wildman–Crippen LogP) is 0.295. The number of nitrogens with one attached hydrogen (secondary N) is 1. The highest BCUT2D eigenvalue weighted by Gasteiger charge is 2.17. The lowest BCUT2D eigenvalue weighted by atomic mass is 10.3. The van der Waals surface area contributed by atoms with E-state index in [2.05, 4.69) is 20.5 Å². The van der Waals surface area contributed by atoms with Crippen LogP contribution < -0.4 is 16.7 Å². The van der Waals surface area contributed by atoms with Crippen LogP contribution in [-0.4, -0.2) is 29.9 Å². The smallest absolute Gasteiger partial charge is 0.303 e. The van der Waals surface area contributed by atoms with Crippen molar-refractivity contribution in [1.82, 2.24) is 23.7 Å². The number of fused-ring (bicyclic) bond motifs is 1. The van der Waals surface area contributed by atoms with Crippen molar-refractivity contribution in [2.24, 2.45) is 19.2 Å². The van der Waals surface area contributed by atoms with Crippen LogP contribution in [0, 0.1) is 0 Å². The molecule has 0 aliphatic heterocycles. The van der Waals surface area contributed by atoms with Crippen LogP contribution in [0.2, 0.25) is 0 Å². The van der Waals surface area contributed by atoms with Crippen LogP contribution in [-0.2, 0) is 20.6 Å². The Labute approximate surface area is 136 Å². The average molecular weight is 327 g/mol. The fraction of sp³-hybridized carbons (Fsp3) is 0.267. The molecule has 0 atom stereocenters. The molecule has 9 nitrogen and oxygen atoms in total. The first-order chi connectivity index (χ1) is 11.5. The van der Waals surface area contributed by atoms with Gasteiger partial charge in [0.15, 0.2) is 11.2 Å². The number of aromatic nitrogens is 5. The summed E-state index contributed by atoms with van der Waals surface area (Å²) in [5.74, 6) is 0.399. The van der Waals surface area contributed by atoms with Crippen molar-refractivity contribution in [1.29, 1.82) is 0 Å². The standard InChI is InChI=1S/C15H17N7O2/c1-4-22-11-12(20(2)15(24)21(3)13(11)23)18-14(22)19-17-9-10-5-7-16-8-6-10/h5-9H,4H2,1-3H3,(H,18,19)/b17-9+. The maximum absolute atomic E-state index is 12.4. The third-order valence-corrected chi connectivity index (χ3v) is 3.75. The second kappa shape index (κ2) is 6.11. The van der Waals surface area contributed by atoms with Gasteiger partial charge in [0.25, 0.3) is 5.56 Å². The minimum Gasteiger partial charge on any atom is -0.303 e. The number of aryl methyl sites for hydroxylation is 2. The van der Waals surface area contributed by atoms with Crippen molar-refractivity contribution in [3.8, 4) is 0 Å². The van der Waals surface area contributed by atoms with Gasteiger partial charge >= 0.3 is 5.69 Å². The lowest BCUT2D eigenvalue weighted by Gasteiger charge is -2.05. The van der Waals surface area contributed by atoms with E-state index < -0.39 is 5.69 Å². The quantitative estimate of drug-likeness (QED) is 0.549. The highest BCUT2D eigenvalue weighted by Crippen LogP contribution is 2.15. The number of hydrogen-bond acceptors (Lipinski definition) is 6. The molecule has 3 heterocycles. The molecule has 0 aliphatic rings. The largest absolute Gasteiger partial charge is 0.332 e. The van der Waals surface area contributed by atoms with Gasteiger partial charge in [0, 0.05) is 33.0 Å². The first-order valence-corrected chi connectivity index (χ1v) is 7.40. The normalized spacial score (nSPS) is 11.5. The number of pyridine rings is 1. The van der Waals surface area contributed by atoms with Crippen molar-refractivity contribution in [3.05, 3.63) is 50.9 Å². The summed E-state index contributed by atoms with van der Waals surface area (Å²) < 4.78 is 4.11. The maximum atomic E-state index is 12.4. The summed E-state index contributed by atoms with van der Waals surface area (Å²) in [5, 5.41) is 4.14. The second-order valence-electron chi connectivity index (χ2n) is 5.21. The van der Waals surface area contributed by atoms with Crippen LogP contribution >= 0.6 is 0 Å². The summed E-state index contributed by atoms with van der Waals surface area (Å²) >= 11 is 0. The number of nitrogens with zero attached hydrogens (tertiary/aromatic N) is 6. The Bertz CT molecular complexity index is 1030. The Balaban J connectivity index is 2.08. The van der Waals surface area contributed by atoms with E-state index in [9.17, 15) is 9.59 Å². The van der Waals surface area contributed by atoms with Crippen molar-refractivity contribution < 1.29 is 0 Å². The molecule has 0 saturated heterocycles. The zero-order chi connectivity index (χ0) is 17.3. The third-order valence-electron chi connectivity index (χ3n) is 3.75. The number of hydrazone groups is 1. The molecule has 0 amide bonds. The molecule has 0 fully saturated rings. The molecular formula is C15H17N7O2. The van der Waals surface area contributed by atoms with Crippen LogP contribution in [0.4, 0.5) is 5.95 Å². The van der Waals surface area contributed by atoms with E-state index in [0.717, 1.165) is 10.1 Å². The van der Waals surface area contributed by atoms with E-state index in [1.807, 2.05) is 19.1 Å². The molecule has 0 spiro atoms. The van der Waals surface area contributed by atoms with Gasteiger partial charge in [0.1, 0.15) is 0 Å². The molecule has 0 unspecified atom stereocenters. The second-order valence-corrected chi connectivity index (χ2v) is 5.21. The Kier molecular flexibility index (Phi) is 3.98. The lowest BCUT2D eigenvalue weighted by molar-refractivity contribution is 0.700. The zero-order valence-corrected chi connectivity index (χ0v) is 13.6. The molecular weight excluding hydrogens is 310 g/mol. The van der Waals surface area contributed by atoms with Crippen LogP contribution in [0.25, 0.3) is 11.2 Å². The fourth-order valence-electron chi connectivity index (χ4n) is 2.45. The van der Waals surface area contributed by atoms with Crippen LogP contribution in [0.3, 0.4) is 0 Å². The number of imidazole rings is 1. The molecule has 0 aromatic carbocycles. The number of anilines is 1. The molecule has 3 aromatic rings. The molecule has 0 saturated carbocycles. The van der Waals surface area contributed by atoms with E-state index in [4.69, 9.17) is 0 Å². The topological polar surface area (TPSA) is 99.1 Å². The monoisotopic (exact) mass is 327 g/mol. The van der Waals surface area contributed by atoms with Gasteiger partial charge in [0.2, 0.25) is 5.95 Å². The predicted molar refractivity (Wildman–Crippen MR) is 91.3 cm³/mol. The molecule has 9 heteroatoms. The molecule has 124 valence electrons. The Hall–Kier alpha value is -3.23. The summed E-state index contributed by atoms with van der Waals surface area (Å²) in [6, 6.07) is 3.63. The molecule has 3 aromatic heterocycles. The van der Waals surface area contributed by atoms with Crippen LogP contribution in [0.1, 0.15) is 12.5 Å². The van der Waals surface area contributed by atoms with E-state index in [1.54, 1.807) is 30.2 Å². The minimum atomic E-state index is -0.417. The van der Waals surface area contributed by atoms with Gasteiger partial charge in [-0.25, -0.2) is 10.2 Å². The molecule has 24 heavy (non-hydrogen) atoms.